The van der Waals surface area contributed by atoms with Gasteiger partial charge in [-0.15, -0.1) is 0 Å². The highest BCUT2D eigenvalue weighted by atomic mass is 35.5. The molecule has 1 aromatic rings. The second-order valence-electron chi connectivity index (χ2n) is 9.42. The lowest BCUT2D eigenvalue weighted by Gasteiger charge is -2.24. The first kappa shape index (κ1) is 24.1. The Labute approximate surface area is 196 Å². The van der Waals surface area contributed by atoms with E-state index >= 15 is 0 Å². The molecule has 0 atom stereocenters. The number of ether oxygens (including phenoxy) is 1. The molecule has 1 saturated carbocycles. The summed E-state index contributed by atoms with van der Waals surface area (Å²) >= 11 is 6.13. The molecule has 2 aliphatic rings. The molecular weight excluding hydrogens is 422 g/mol. The summed E-state index contributed by atoms with van der Waals surface area (Å²) in [5.74, 6) is 0.0696. The summed E-state index contributed by atoms with van der Waals surface area (Å²) < 4.78 is 5.57. The van der Waals surface area contributed by atoms with Crippen LogP contribution in [0, 0.1) is 5.92 Å². The molecular formula is C27H32ClNO3. The second kappa shape index (κ2) is 10.4. The standard InChI is InChI=1S/C27H32ClNO3/c1-5-9-19(26(31)32-27(2,3)4)15-22-16-24(18-10-7-6-8-11-18)25(29-22)23-13-12-21(28)14-20(23)17-30/h5,9,12-15,17-18,29H,1,6-8,10-11,16H2,2-4H3/b19-9+,22-15+. The zero-order valence-corrected chi connectivity index (χ0v) is 19.9. The van der Waals surface area contributed by atoms with Crippen molar-refractivity contribution in [1.82, 2.24) is 5.32 Å². The van der Waals surface area contributed by atoms with Gasteiger partial charge in [-0.05, 0) is 69.4 Å². The van der Waals surface area contributed by atoms with Crippen molar-refractivity contribution in [3.05, 3.63) is 76.0 Å². The predicted molar refractivity (Wildman–Crippen MR) is 130 cm³/mol. The highest BCUT2D eigenvalue weighted by Gasteiger charge is 2.29. The van der Waals surface area contributed by atoms with Crippen LogP contribution in [0.4, 0.5) is 0 Å². The molecule has 1 fully saturated rings. The number of allylic oxidation sites excluding steroid dienone is 3. The van der Waals surface area contributed by atoms with Crippen LogP contribution in [0.3, 0.4) is 0 Å². The second-order valence-corrected chi connectivity index (χ2v) is 9.85. The molecule has 0 aromatic heterocycles. The fraction of sp³-hybridized carbons (Fsp3) is 0.407. The molecule has 170 valence electrons. The molecule has 0 bridgehead atoms. The number of nitrogens with one attached hydrogen (secondary N) is 1. The number of benzene rings is 1. The summed E-state index contributed by atoms with van der Waals surface area (Å²) in [5, 5.41) is 4.04. The fourth-order valence-corrected chi connectivity index (χ4v) is 4.57. The van der Waals surface area contributed by atoms with E-state index in [0.717, 1.165) is 36.1 Å². The molecule has 0 saturated heterocycles. The number of hydrogen-bond donors (Lipinski definition) is 1. The average molecular weight is 454 g/mol. The van der Waals surface area contributed by atoms with Gasteiger partial charge in [-0.3, -0.25) is 4.79 Å². The maximum absolute atomic E-state index is 12.7. The van der Waals surface area contributed by atoms with Crippen molar-refractivity contribution in [2.75, 3.05) is 0 Å². The molecule has 5 heteroatoms. The minimum absolute atomic E-state index is 0.389. The molecule has 4 nitrogen and oxygen atoms in total. The van der Waals surface area contributed by atoms with E-state index in [-0.39, 0.29) is 5.97 Å². The number of carbonyl (C=O) groups excluding carboxylic acids is 2. The van der Waals surface area contributed by atoms with Gasteiger partial charge in [-0.1, -0.05) is 49.6 Å². The van der Waals surface area contributed by atoms with Gasteiger partial charge < -0.3 is 10.1 Å². The molecule has 1 aliphatic carbocycles. The summed E-state index contributed by atoms with van der Waals surface area (Å²) in [6, 6.07) is 5.40. The normalized spacial score (nSPS) is 19.1. The number of halogens is 1. The summed E-state index contributed by atoms with van der Waals surface area (Å²) in [7, 11) is 0. The van der Waals surface area contributed by atoms with E-state index in [1.54, 1.807) is 18.2 Å². The van der Waals surface area contributed by atoms with E-state index in [1.165, 1.54) is 24.8 Å². The van der Waals surface area contributed by atoms with Crippen molar-refractivity contribution < 1.29 is 14.3 Å². The Kier molecular flexibility index (Phi) is 7.78. The van der Waals surface area contributed by atoms with Gasteiger partial charge in [-0.25, -0.2) is 4.79 Å². The van der Waals surface area contributed by atoms with Crippen LogP contribution < -0.4 is 5.32 Å². The van der Waals surface area contributed by atoms with Crippen LogP contribution in [0.1, 0.15) is 75.2 Å². The number of rotatable bonds is 6. The van der Waals surface area contributed by atoms with Gasteiger partial charge in [0.2, 0.25) is 0 Å². The smallest absolute Gasteiger partial charge is 0.338 e. The van der Waals surface area contributed by atoms with Gasteiger partial charge in [0.1, 0.15) is 5.60 Å². The van der Waals surface area contributed by atoms with Crippen LogP contribution in [0.25, 0.3) is 5.70 Å². The first-order valence-electron chi connectivity index (χ1n) is 11.2. The largest absolute Gasteiger partial charge is 0.456 e. The van der Waals surface area contributed by atoms with E-state index in [9.17, 15) is 9.59 Å². The van der Waals surface area contributed by atoms with E-state index in [4.69, 9.17) is 16.3 Å². The van der Waals surface area contributed by atoms with Crippen molar-refractivity contribution in [2.45, 2.75) is 64.9 Å². The van der Waals surface area contributed by atoms with Gasteiger partial charge >= 0.3 is 5.97 Å². The number of aldehydes is 1. The van der Waals surface area contributed by atoms with Crippen molar-refractivity contribution in [2.24, 2.45) is 5.92 Å². The van der Waals surface area contributed by atoms with Crippen LogP contribution in [0.5, 0.6) is 0 Å². The molecule has 0 spiro atoms. The Morgan fingerprint density at radius 1 is 1.22 bits per heavy atom. The topological polar surface area (TPSA) is 55.4 Å². The van der Waals surface area contributed by atoms with Gasteiger partial charge in [0.25, 0.3) is 0 Å². The van der Waals surface area contributed by atoms with Crippen molar-refractivity contribution in [3.8, 4) is 0 Å². The van der Waals surface area contributed by atoms with Crippen LogP contribution in [-0.4, -0.2) is 17.9 Å². The highest BCUT2D eigenvalue weighted by molar-refractivity contribution is 6.31. The molecule has 3 rings (SSSR count). The molecule has 0 unspecified atom stereocenters. The molecule has 1 N–H and O–H groups in total. The fourth-order valence-electron chi connectivity index (χ4n) is 4.39. The van der Waals surface area contributed by atoms with Gasteiger partial charge in [0.15, 0.2) is 6.29 Å². The zero-order valence-electron chi connectivity index (χ0n) is 19.2. The average Bonchev–Trinajstić information content (AvgIpc) is 3.16. The lowest BCUT2D eigenvalue weighted by atomic mass is 9.81. The maximum Gasteiger partial charge on any atom is 0.338 e. The highest BCUT2D eigenvalue weighted by Crippen LogP contribution is 2.41. The SMILES string of the molecule is C=C/C=C(\C=C1/CC(C2CCCCC2)=C(c2ccc(Cl)cc2C=O)N1)C(=O)OC(C)(C)C. The van der Waals surface area contributed by atoms with Gasteiger partial charge in [0, 0.05) is 34.0 Å². The summed E-state index contributed by atoms with van der Waals surface area (Å²) in [6.07, 6.45) is 12.6. The molecule has 0 amide bonds. The third-order valence-corrected chi connectivity index (χ3v) is 5.99. The van der Waals surface area contributed by atoms with Gasteiger partial charge in [0.05, 0.1) is 5.57 Å². The lowest BCUT2D eigenvalue weighted by Crippen LogP contribution is -2.24. The molecule has 1 heterocycles. The molecule has 0 radical (unpaired) electrons. The molecule has 1 aliphatic heterocycles. The van der Waals surface area contributed by atoms with Crippen LogP contribution >= 0.6 is 11.6 Å². The van der Waals surface area contributed by atoms with E-state index in [0.29, 0.717) is 28.5 Å². The van der Waals surface area contributed by atoms with E-state index in [1.807, 2.05) is 39.0 Å². The molecule has 32 heavy (non-hydrogen) atoms. The maximum atomic E-state index is 12.7. The predicted octanol–water partition coefficient (Wildman–Crippen LogP) is 6.78. The number of hydrogen-bond acceptors (Lipinski definition) is 4. The van der Waals surface area contributed by atoms with Crippen LogP contribution in [0.2, 0.25) is 5.02 Å². The Balaban J connectivity index is 1.99. The summed E-state index contributed by atoms with van der Waals surface area (Å²) in [4.78, 5) is 24.5. The Morgan fingerprint density at radius 2 is 1.94 bits per heavy atom. The number of carbonyl (C=O) groups is 2. The van der Waals surface area contributed by atoms with Crippen molar-refractivity contribution in [3.63, 3.8) is 0 Å². The van der Waals surface area contributed by atoms with E-state index in [2.05, 4.69) is 11.9 Å². The lowest BCUT2D eigenvalue weighted by molar-refractivity contribution is -0.149. The minimum atomic E-state index is -0.586. The summed E-state index contributed by atoms with van der Waals surface area (Å²) in [6.45, 7) is 9.28. The third-order valence-electron chi connectivity index (χ3n) is 5.76. The Hall–Kier alpha value is -2.59. The summed E-state index contributed by atoms with van der Waals surface area (Å²) in [5.41, 5.74) is 4.42. The molecule has 1 aromatic carbocycles. The number of esters is 1. The van der Waals surface area contributed by atoms with Crippen LogP contribution in [-0.2, 0) is 9.53 Å². The van der Waals surface area contributed by atoms with Gasteiger partial charge in [-0.2, -0.15) is 0 Å². The zero-order chi connectivity index (χ0) is 23.3. The first-order chi connectivity index (χ1) is 15.2. The van der Waals surface area contributed by atoms with Crippen molar-refractivity contribution >= 4 is 29.6 Å². The minimum Gasteiger partial charge on any atom is -0.456 e. The Morgan fingerprint density at radius 3 is 2.56 bits per heavy atom. The monoisotopic (exact) mass is 453 g/mol. The third kappa shape index (κ3) is 6.01. The quantitative estimate of drug-likeness (QED) is 0.223. The van der Waals surface area contributed by atoms with Crippen molar-refractivity contribution in [1.29, 1.82) is 0 Å². The first-order valence-corrected chi connectivity index (χ1v) is 11.6. The van der Waals surface area contributed by atoms with Crippen LogP contribution in [0.15, 0.2) is 59.8 Å². The Bertz CT molecular complexity index is 989. The van der Waals surface area contributed by atoms with E-state index < -0.39 is 5.60 Å².